The van der Waals surface area contributed by atoms with Crippen LogP contribution in [-0.4, -0.2) is 32.6 Å². The van der Waals surface area contributed by atoms with Crippen LogP contribution in [-0.2, 0) is 17.8 Å². The maximum Gasteiger partial charge on any atom is 0.252 e. The molecule has 0 aliphatic carbocycles. The van der Waals surface area contributed by atoms with E-state index >= 15 is 0 Å². The third kappa shape index (κ3) is 4.55. The number of methoxy groups -OCH3 is 1. The average Bonchev–Trinajstić information content (AvgIpc) is 3.15. The molecule has 31 heavy (non-hydrogen) atoms. The molecule has 0 spiro atoms. The van der Waals surface area contributed by atoms with Crippen molar-refractivity contribution < 1.29 is 9.53 Å². The van der Waals surface area contributed by atoms with Crippen molar-refractivity contribution in [3.05, 3.63) is 82.9 Å². The highest BCUT2D eigenvalue weighted by Gasteiger charge is 2.20. The molecule has 2 heterocycles. The van der Waals surface area contributed by atoms with Gasteiger partial charge in [0.1, 0.15) is 5.75 Å². The summed E-state index contributed by atoms with van der Waals surface area (Å²) in [5.41, 5.74) is 4.65. The quantitative estimate of drug-likeness (QED) is 0.479. The average molecular weight is 415 g/mol. The number of nitrogens with zero attached hydrogens (tertiary/aromatic N) is 5. The van der Waals surface area contributed by atoms with Gasteiger partial charge in [-0.25, -0.2) is 9.50 Å². The summed E-state index contributed by atoms with van der Waals surface area (Å²) in [7, 11) is 1.62. The van der Waals surface area contributed by atoms with E-state index < -0.39 is 0 Å². The number of hydrogen-bond acceptors (Lipinski definition) is 5. The highest BCUT2D eigenvalue weighted by atomic mass is 16.5. The molecule has 7 heteroatoms. The number of fused-ring (bicyclic) bond motifs is 1. The van der Waals surface area contributed by atoms with Gasteiger partial charge in [0.15, 0.2) is 5.82 Å². The molecule has 2 aromatic heterocycles. The first-order chi connectivity index (χ1) is 14.9. The van der Waals surface area contributed by atoms with Crippen LogP contribution in [0.25, 0.3) is 5.78 Å². The molecule has 158 valence electrons. The number of carbonyl (C=O) groups excluding carboxylic acids is 1. The van der Waals surface area contributed by atoms with E-state index in [-0.39, 0.29) is 18.9 Å². The molecular formula is C24H25N5O2. The third-order valence-corrected chi connectivity index (χ3v) is 5.09. The van der Waals surface area contributed by atoms with Crippen molar-refractivity contribution in [3.8, 4) is 5.75 Å². The Morgan fingerprint density at radius 1 is 1.03 bits per heavy atom. The van der Waals surface area contributed by atoms with Gasteiger partial charge in [-0.05, 0) is 62.2 Å². The summed E-state index contributed by atoms with van der Waals surface area (Å²) in [4.78, 5) is 24.1. The number of aryl methyl sites for hydroxylation is 3. The molecule has 0 atom stereocenters. The summed E-state index contributed by atoms with van der Waals surface area (Å²) in [5, 5.41) is 4.59. The van der Waals surface area contributed by atoms with Crippen molar-refractivity contribution in [1.82, 2.24) is 19.6 Å². The zero-order valence-corrected chi connectivity index (χ0v) is 18.2. The number of ether oxygens (including phenoxy) is 1. The predicted octanol–water partition coefficient (Wildman–Crippen LogP) is 3.83. The zero-order chi connectivity index (χ0) is 22.0. The van der Waals surface area contributed by atoms with Crippen LogP contribution in [0, 0.1) is 20.8 Å². The molecule has 0 fully saturated rings. The van der Waals surface area contributed by atoms with Crippen LogP contribution in [0.5, 0.6) is 5.75 Å². The van der Waals surface area contributed by atoms with Crippen molar-refractivity contribution in [1.29, 1.82) is 0 Å². The van der Waals surface area contributed by atoms with Crippen LogP contribution in [0.1, 0.15) is 28.3 Å². The van der Waals surface area contributed by atoms with Crippen molar-refractivity contribution in [2.45, 2.75) is 33.7 Å². The van der Waals surface area contributed by atoms with Gasteiger partial charge < -0.3 is 9.64 Å². The normalized spacial score (nSPS) is 11.0. The Morgan fingerprint density at radius 2 is 1.81 bits per heavy atom. The molecule has 0 N–H and O–H groups in total. The van der Waals surface area contributed by atoms with Gasteiger partial charge in [-0.15, -0.1) is 5.10 Å². The monoisotopic (exact) mass is 415 g/mol. The Morgan fingerprint density at radius 3 is 2.52 bits per heavy atom. The summed E-state index contributed by atoms with van der Waals surface area (Å²) >= 11 is 0. The number of rotatable bonds is 6. The fourth-order valence-corrected chi connectivity index (χ4v) is 3.55. The van der Waals surface area contributed by atoms with E-state index in [1.165, 1.54) is 0 Å². The first kappa shape index (κ1) is 20.5. The number of amides is 1. The van der Waals surface area contributed by atoms with Crippen molar-refractivity contribution in [2.75, 3.05) is 12.0 Å². The van der Waals surface area contributed by atoms with Gasteiger partial charge in [0.05, 0.1) is 20.1 Å². The lowest BCUT2D eigenvalue weighted by atomic mass is 10.1. The highest BCUT2D eigenvalue weighted by molar-refractivity contribution is 5.94. The molecule has 0 bridgehead atoms. The minimum absolute atomic E-state index is 0.0320. The predicted molar refractivity (Wildman–Crippen MR) is 119 cm³/mol. The highest BCUT2D eigenvalue weighted by Crippen LogP contribution is 2.21. The van der Waals surface area contributed by atoms with E-state index in [1.807, 2.05) is 75.4 Å². The molecule has 0 radical (unpaired) electrons. The summed E-state index contributed by atoms with van der Waals surface area (Å²) in [6.07, 6.45) is 0.266. The van der Waals surface area contributed by atoms with E-state index in [0.717, 1.165) is 34.0 Å². The fourth-order valence-electron chi connectivity index (χ4n) is 3.55. The lowest BCUT2D eigenvalue weighted by molar-refractivity contribution is -0.118. The first-order valence-corrected chi connectivity index (χ1v) is 10.1. The lowest BCUT2D eigenvalue weighted by Crippen LogP contribution is -2.32. The van der Waals surface area contributed by atoms with Crippen LogP contribution in [0.15, 0.2) is 54.6 Å². The fraction of sp³-hybridized carbons (Fsp3) is 0.250. The van der Waals surface area contributed by atoms with Crippen molar-refractivity contribution in [2.24, 2.45) is 0 Å². The molecule has 2 aromatic carbocycles. The van der Waals surface area contributed by atoms with E-state index in [2.05, 4.69) is 15.1 Å². The number of carbonyl (C=O) groups is 1. The summed E-state index contributed by atoms with van der Waals surface area (Å²) in [5.74, 6) is 1.82. The van der Waals surface area contributed by atoms with Crippen LogP contribution < -0.4 is 9.64 Å². The molecular weight excluding hydrogens is 390 g/mol. The molecule has 0 saturated carbocycles. The van der Waals surface area contributed by atoms with Crippen LogP contribution >= 0.6 is 0 Å². The second-order valence-electron chi connectivity index (χ2n) is 7.62. The Bertz CT molecular complexity index is 1230. The third-order valence-electron chi connectivity index (χ3n) is 5.09. The standard InChI is InChI=1S/C24H25N5O2/c1-16-6-5-7-20(12-16)28(23(30)14-19-8-10-21(31-4)11-9-19)15-22-26-24-25-17(2)13-18(3)29(24)27-22/h5-13H,14-15H2,1-4H3. The van der Waals surface area contributed by atoms with Gasteiger partial charge >= 0.3 is 0 Å². The van der Waals surface area contributed by atoms with Crippen LogP contribution in [0.2, 0.25) is 0 Å². The van der Waals surface area contributed by atoms with E-state index in [1.54, 1.807) is 16.5 Å². The molecule has 0 unspecified atom stereocenters. The largest absolute Gasteiger partial charge is 0.497 e. The van der Waals surface area contributed by atoms with Gasteiger partial charge in [-0.3, -0.25) is 4.79 Å². The summed E-state index contributed by atoms with van der Waals surface area (Å²) in [6.45, 7) is 6.17. The smallest absolute Gasteiger partial charge is 0.252 e. The molecule has 1 amide bonds. The van der Waals surface area contributed by atoms with Crippen LogP contribution in [0.4, 0.5) is 5.69 Å². The van der Waals surface area contributed by atoms with Gasteiger partial charge in [0.2, 0.25) is 5.91 Å². The van der Waals surface area contributed by atoms with Gasteiger partial charge in [-0.1, -0.05) is 24.3 Å². The molecule has 4 aromatic rings. The van der Waals surface area contributed by atoms with Crippen LogP contribution in [0.3, 0.4) is 0 Å². The second-order valence-corrected chi connectivity index (χ2v) is 7.62. The maximum absolute atomic E-state index is 13.3. The molecule has 4 rings (SSSR count). The number of aromatic nitrogens is 4. The molecule has 0 aliphatic rings. The van der Waals surface area contributed by atoms with E-state index in [9.17, 15) is 4.79 Å². The zero-order valence-electron chi connectivity index (χ0n) is 18.2. The minimum Gasteiger partial charge on any atom is -0.497 e. The number of hydrogen-bond donors (Lipinski definition) is 0. The Balaban J connectivity index is 1.65. The minimum atomic E-state index is -0.0320. The Hall–Kier alpha value is -3.74. The Kier molecular flexibility index (Phi) is 5.66. The van der Waals surface area contributed by atoms with Crippen molar-refractivity contribution >= 4 is 17.4 Å². The van der Waals surface area contributed by atoms with Crippen molar-refractivity contribution in [3.63, 3.8) is 0 Å². The van der Waals surface area contributed by atoms with E-state index in [4.69, 9.17) is 4.74 Å². The Labute approximate surface area is 181 Å². The molecule has 7 nitrogen and oxygen atoms in total. The molecule has 0 aliphatic heterocycles. The van der Waals surface area contributed by atoms with E-state index in [0.29, 0.717) is 11.6 Å². The number of anilines is 1. The topological polar surface area (TPSA) is 72.6 Å². The van der Waals surface area contributed by atoms with Gasteiger partial charge in [0.25, 0.3) is 5.78 Å². The SMILES string of the molecule is COc1ccc(CC(=O)N(Cc2nc3nc(C)cc(C)n3n2)c2cccc(C)c2)cc1. The summed E-state index contributed by atoms with van der Waals surface area (Å²) < 4.78 is 6.92. The lowest BCUT2D eigenvalue weighted by Gasteiger charge is -2.22. The summed E-state index contributed by atoms with van der Waals surface area (Å²) in [6, 6.07) is 17.4. The maximum atomic E-state index is 13.3. The number of benzene rings is 2. The molecule has 0 saturated heterocycles. The van der Waals surface area contributed by atoms with Gasteiger partial charge in [0, 0.05) is 17.1 Å². The van der Waals surface area contributed by atoms with Gasteiger partial charge in [-0.2, -0.15) is 4.98 Å². The first-order valence-electron chi connectivity index (χ1n) is 10.1. The second kappa shape index (κ2) is 8.55.